The van der Waals surface area contributed by atoms with E-state index in [0.717, 1.165) is 58.2 Å². The Hall–Kier alpha value is -9.21. The van der Waals surface area contributed by atoms with Crippen molar-refractivity contribution in [2.24, 2.45) is 39.9 Å². The predicted molar refractivity (Wildman–Crippen MR) is 618 cm³/mol. The van der Waals surface area contributed by atoms with E-state index in [4.69, 9.17) is 30.2 Å². The molecule has 4 unspecified atom stereocenters. The Kier molecular flexibility index (Phi) is 75.9. The van der Waals surface area contributed by atoms with Gasteiger partial charge < -0.3 is 68.2 Å². The molecule has 0 amide bonds. The van der Waals surface area contributed by atoms with Crippen molar-refractivity contribution < 1.29 is 138 Å². The number of aliphatic hydroxyl groups is 2. The molecular formula is C119H163AlBr2Cl2LiNiO21P. The minimum Gasteiger partial charge on any atom is -1.00 e. The van der Waals surface area contributed by atoms with Gasteiger partial charge in [-0.1, -0.05) is 235 Å². The molecule has 0 bridgehead atoms. The third-order valence-electron chi connectivity index (χ3n) is 24.9. The van der Waals surface area contributed by atoms with Gasteiger partial charge in [-0.05, 0) is 195 Å². The molecular weight excluding hydrogens is 2120 g/mol. The molecule has 9 aromatic rings. The minimum atomic E-state index is -2.91. The molecule has 0 spiro atoms. The SMILES string of the molecule is C=C(C)C(=O)OC.CC1=C(/C=C/c2cccc(CC(C)CO)c2)C(C)(C)CCC1.CC1=C(CP(Br)(c2ccccc2)(c2ccccc2)c2ccccc2)C(C)(C)CCC1.COC(=O)C(C)=Cc1cccc(C=O)c1.COC(=O)C(C)Cc1cccc(/C=C/C2=C(C)CCCC2(C)C)c1.COC(=O)C(C)Cc1cccc(C=O)c1.COC(=O)C(C)Cc1cccc(CO)c1.O.O.O.O.O.O.O=Cc1cccc(Br)c1.[AlH3].[Cl][Ni][Cl].[H-].[Li+]. The van der Waals surface area contributed by atoms with E-state index in [2.05, 4.69) is 290 Å². The Morgan fingerprint density at radius 2 is 0.736 bits per heavy atom. The maximum Gasteiger partial charge on any atom is 1.00 e. The molecule has 0 radical (unpaired) electrons. The van der Waals surface area contributed by atoms with E-state index in [1.807, 2.05) is 68.4 Å². The first-order valence-corrected chi connectivity index (χ1v) is 55.2. The number of hydrogen-bond acceptors (Lipinski definition) is 15. The number of aldehydes is 3. The molecule has 3 aliphatic carbocycles. The van der Waals surface area contributed by atoms with Crippen molar-refractivity contribution in [3.63, 3.8) is 0 Å². The smallest absolute Gasteiger partial charge is 1.00 e. The molecule has 0 aliphatic heterocycles. The van der Waals surface area contributed by atoms with Gasteiger partial charge in [0.15, 0.2) is 17.4 Å². The molecule has 14 N–H and O–H groups in total. The van der Waals surface area contributed by atoms with Crippen LogP contribution in [0.4, 0.5) is 0 Å². The maximum atomic E-state index is 11.6. The van der Waals surface area contributed by atoms with Gasteiger partial charge >= 0.3 is 272 Å². The largest absolute Gasteiger partial charge is 1.00 e. The summed E-state index contributed by atoms with van der Waals surface area (Å²) in [6, 6.07) is 79.7. The third kappa shape index (κ3) is 49.5. The maximum absolute atomic E-state index is 11.6. The fourth-order valence-electron chi connectivity index (χ4n) is 17.3. The van der Waals surface area contributed by atoms with Gasteiger partial charge in [-0.15, -0.1) is 0 Å². The topological polar surface area (TPSA) is 412 Å². The summed E-state index contributed by atoms with van der Waals surface area (Å²) < 4.78 is 23.9. The second-order valence-electron chi connectivity index (χ2n) is 37.7. The standard InChI is InChI=1S/C28H32BrP.C22H30O2.C21H30O.C12H16O3.C12H14O3.C12H12O3.C7H5BrO.C5H8O2.Al.2ClH.Li.Ni.6H2O.4H/c1-23-14-13-21-28(2,3)27(23)22-30(29,24-15-7-4-8-16-24,25-17-9-5-10-18-25)26-19-11-6-12-20-26;1-16-8-7-13-22(3,4)20(16)12-11-18-9-6-10-19(15-18)14-17(2)21(23)24-5;1-16(15-22)13-19-9-5-8-18(14-19)10-11-20-17(2)7-6-12-21(20,3)4;3*1-9(12(14)15-2)6-10-4-3-5-11(7-10)8-13;8-7-3-1-2-6(4-7)5-9;1-4(2)5(6)7-3;;;;;;;;;;;;;;;/h4-12,15-20H,13-14,21-22H2,1-3H3;6,9-12,15,17H,7-8,13-14H2,1-5H3;5,8-11,14,16,22H,6-7,12-13,15H2,1-4H3;3-5,7,9,13H,6,8H2,1-2H3;3-5,7-9H,6H2,1-2H3;3-8H,1-2H3;1-5H;1H2,2-3H3;;2*1H;;;6*1H2;;;;/q;;;;;;;;;;;+1;+2;;;;;;;;;;-1/p-2/b;12-11+;11-10+;;;;;;;;;;;;;;;;;;;;. The molecule has 21 nitrogen and oxygen atoms in total. The van der Waals surface area contributed by atoms with Crippen LogP contribution in [-0.4, -0.2) is 157 Å². The van der Waals surface area contributed by atoms with Crippen molar-refractivity contribution in [1.29, 1.82) is 0 Å². The van der Waals surface area contributed by atoms with Gasteiger partial charge in [-0.3, -0.25) is 28.8 Å². The van der Waals surface area contributed by atoms with Crippen LogP contribution in [0.15, 0.2) is 304 Å². The zero-order valence-corrected chi connectivity index (χ0v) is 96.0. The minimum absolute atomic E-state index is 0. The van der Waals surface area contributed by atoms with E-state index < -0.39 is 5.31 Å². The summed E-state index contributed by atoms with van der Waals surface area (Å²) in [6.45, 7) is 35.7. The molecule has 3 aliphatic rings. The first-order chi connectivity index (χ1) is 66.5. The number of methoxy groups -OCH3 is 5. The summed E-state index contributed by atoms with van der Waals surface area (Å²) in [4.78, 5) is 86.5. The van der Waals surface area contributed by atoms with E-state index in [9.17, 15) is 43.5 Å². The second-order valence-corrected chi connectivity index (χ2v) is 49.2. The second kappa shape index (κ2) is 76.3. The van der Waals surface area contributed by atoms with E-state index in [1.54, 1.807) is 80.5 Å². The Morgan fingerprint density at radius 3 is 1.06 bits per heavy atom. The molecule has 4 atom stereocenters. The first-order valence-electron chi connectivity index (χ1n) is 47.2. The molecule has 0 aromatic heterocycles. The number of carbonyl (C=O) groups is 8. The number of rotatable bonds is 28. The van der Waals surface area contributed by atoms with Gasteiger partial charge in [0.1, 0.15) is 18.9 Å². The van der Waals surface area contributed by atoms with Crippen LogP contribution in [0.3, 0.4) is 0 Å². The van der Waals surface area contributed by atoms with Crippen LogP contribution in [0.2, 0.25) is 0 Å². The van der Waals surface area contributed by atoms with Crippen LogP contribution in [0.1, 0.15) is 239 Å². The summed E-state index contributed by atoms with van der Waals surface area (Å²) in [6.07, 6.45) is 28.4. The zero-order valence-electron chi connectivity index (χ0n) is 90.4. The van der Waals surface area contributed by atoms with Crippen molar-refractivity contribution in [2.75, 3.05) is 48.3 Å². The third-order valence-corrected chi connectivity index (χ3v) is 34.9. The summed E-state index contributed by atoms with van der Waals surface area (Å²) in [5, 5.41) is 19.5. The number of allylic oxidation sites excluding steroid dienone is 8. The number of carbonyl (C=O) groups excluding carboxylic acids is 8. The average molecular weight is 2280 g/mol. The number of esters is 5. The number of hydrogen-bond donors (Lipinski definition) is 2. The normalized spacial score (nSPS) is 14.2. The van der Waals surface area contributed by atoms with Crippen LogP contribution < -0.4 is 34.8 Å². The van der Waals surface area contributed by atoms with Crippen molar-refractivity contribution in [3.05, 3.63) is 366 Å². The van der Waals surface area contributed by atoms with Gasteiger partial charge in [-0.25, -0.2) is 9.59 Å². The fraction of sp³-hybridized carbons (Fsp3) is 0.361. The Balaban J connectivity index is -0.000000398. The van der Waals surface area contributed by atoms with Crippen molar-refractivity contribution in [2.45, 2.75) is 194 Å². The number of halogens is 4. The Labute approximate surface area is 935 Å². The summed E-state index contributed by atoms with van der Waals surface area (Å²) >= 11 is 8.44. The summed E-state index contributed by atoms with van der Waals surface area (Å²) in [5.41, 5.74) is 21.5. The predicted octanol–water partition coefficient (Wildman–Crippen LogP) is 19.1. The zero-order chi connectivity index (χ0) is 104. The van der Waals surface area contributed by atoms with Gasteiger partial charge in [0.05, 0.1) is 59.9 Å². The first kappa shape index (κ1) is 147. The summed E-state index contributed by atoms with van der Waals surface area (Å²) in [7, 11) is 16.3. The van der Waals surface area contributed by atoms with E-state index in [0.29, 0.717) is 71.1 Å². The van der Waals surface area contributed by atoms with Crippen molar-refractivity contribution in [3.8, 4) is 0 Å². The van der Waals surface area contributed by atoms with Crippen LogP contribution >= 0.6 is 57.1 Å². The quantitative estimate of drug-likeness (QED) is 0.00875. The van der Waals surface area contributed by atoms with Crippen molar-refractivity contribution in [1.82, 2.24) is 0 Å². The van der Waals surface area contributed by atoms with E-state index in [-0.39, 0.29) is 142 Å². The molecule has 0 heterocycles. The Bertz CT molecular complexity index is 5610. The molecule has 0 saturated heterocycles. The number of aliphatic hydroxyl groups excluding tert-OH is 2. The average Bonchev–Trinajstić information content (AvgIpc) is 0.696. The molecule has 12 rings (SSSR count). The molecule has 29 heteroatoms. The monoisotopic (exact) mass is 2280 g/mol. The molecule has 0 fully saturated rings. The molecule has 148 heavy (non-hydrogen) atoms. The van der Waals surface area contributed by atoms with Crippen LogP contribution in [-0.2, 0) is 92.6 Å². The molecule has 9 aromatic carbocycles. The number of ether oxygens (including phenoxy) is 5. The van der Waals surface area contributed by atoms with Gasteiger partial charge in [0.25, 0.3) is 0 Å². The molecule has 812 valence electrons. The molecule has 0 saturated carbocycles. The van der Waals surface area contributed by atoms with E-state index >= 15 is 0 Å². The van der Waals surface area contributed by atoms with Crippen LogP contribution in [0.5, 0.6) is 0 Å². The number of benzene rings is 9. The van der Waals surface area contributed by atoms with Gasteiger partial charge in [-0.2, -0.15) is 0 Å². The van der Waals surface area contributed by atoms with E-state index in [1.165, 1.54) is 154 Å². The van der Waals surface area contributed by atoms with Crippen LogP contribution in [0.25, 0.3) is 18.2 Å². The van der Waals surface area contributed by atoms with Crippen molar-refractivity contribution >= 4 is 157 Å². The Morgan fingerprint density at radius 1 is 0.426 bits per heavy atom. The van der Waals surface area contributed by atoms with Gasteiger partial charge in [0, 0.05) is 38.9 Å². The fourth-order valence-corrected chi connectivity index (χ4v) is 25.7. The van der Waals surface area contributed by atoms with Crippen LogP contribution in [0, 0.1) is 39.9 Å². The van der Waals surface area contributed by atoms with Gasteiger partial charge in [0.2, 0.25) is 0 Å². The summed E-state index contributed by atoms with van der Waals surface area (Å²) in [5.74, 6) is -1.43.